The highest BCUT2D eigenvalue weighted by molar-refractivity contribution is 9.10. The van der Waals surface area contributed by atoms with Gasteiger partial charge in [-0.25, -0.2) is 0 Å². The van der Waals surface area contributed by atoms with E-state index in [-0.39, 0.29) is 10.6 Å². The Kier molecular flexibility index (Phi) is 3.22. The second kappa shape index (κ2) is 4.02. The molecule has 0 amide bonds. The molecule has 0 fully saturated rings. The Bertz CT molecular complexity index is 351. The van der Waals surface area contributed by atoms with Crippen LogP contribution in [0.4, 0.5) is 0 Å². The molecular weight excluding hydrogens is 254 g/mol. The van der Waals surface area contributed by atoms with Crippen molar-refractivity contribution in [2.24, 2.45) is 0 Å². The fraction of sp³-hybridized carbons (Fsp3) is 0.250. The van der Waals surface area contributed by atoms with Crippen LogP contribution in [0.25, 0.3) is 6.08 Å². The van der Waals surface area contributed by atoms with Crippen LogP contribution in [0.2, 0.25) is 0 Å². The maximum atomic E-state index is 10.3. The number of rotatable bonds is 2. The van der Waals surface area contributed by atoms with Gasteiger partial charge in [0, 0.05) is 27.2 Å². The maximum absolute atomic E-state index is 10.3. The topological polar surface area (TPSA) is 43.1 Å². The van der Waals surface area contributed by atoms with Crippen LogP contribution in [0.3, 0.4) is 0 Å². The molecule has 0 saturated heterocycles. The van der Waals surface area contributed by atoms with E-state index in [1.807, 2.05) is 13.0 Å². The van der Waals surface area contributed by atoms with Crippen LogP contribution in [-0.2, 0) is 0 Å². The Morgan fingerprint density at radius 2 is 2.38 bits per heavy atom. The normalized spacial score (nSPS) is 11.8. The van der Waals surface area contributed by atoms with E-state index in [1.165, 1.54) is 18.3 Å². The van der Waals surface area contributed by atoms with Crippen molar-refractivity contribution in [1.82, 2.24) is 0 Å². The number of allylic oxidation sites excluding steroid dienone is 1. The first-order valence-corrected chi connectivity index (χ1v) is 5.20. The molecule has 0 unspecified atom stereocenters. The summed E-state index contributed by atoms with van der Waals surface area (Å²) < 4.78 is 1.000. The van der Waals surface area contributed by atoms with Gasteiger partial charge in [0.15, 0.2) is 0 Å². The predicted octanol–water partition coefficient (Wildman–Crippen LogP) is 3.46. The molecule has 1 aromatic rings. The van der Waals surface area contributed by atoms with Crippen molar-refractivity contribution >= 4 is 33.3 Å². The van der Waals surface area contributed by atoms with E-state index in [2.05, 4.69) is 15.9 Å². The van der Waals surface area contributed by atoms with E-state index >= 15 is 0 Å². The van der Waals surface area contributed by atoms with Crippen molar-refractivity contribution in [3.63, 3.8) is 0 Å². The van der Waals surface area contributed by atoms with Crippen molar-refractivity contribution in [3.8, 4) is 0 Å². The summed E-state index contributed by atoms with van der Waals surface area (Å²) in [5, 5.41) is 10.3. The van der Waals surface area contributed by atoms with Crippen LogP contribution in [-0.4, -0.2) is 4.92 Å². The van der Waals surface area contributed by atoms with Gasteiger partial charge in [-0.05, 0) is 28.9 Å². The molecule has 0 radical (unpaired) electrons. The average molecular weight is 262 g/mol. The van der Waals surface area contributed by atoms with Gasteiger partial charge >= 0.3 is 0 Å². The highest BCUT2D eigenvalue weighted by Crippen LogP contribution is 2.27. The molecular formula is C8H8BrNO2S. The molecule has 0 aliphatic heterocycles. The molecule has 3 nitrogen and oxygen atoms in total. The Morgan fingerprint density at radius 1 is 1.77 bits per heavy atom. The average Bonchev–Trinajstić information content (AvgIpc) is 2.31. The van der Waals surface area contributed by atoms with Crippen LogP contribution in [0, 0.1) is 17.0 Å². The van der Waals surface area contributed by atoms with E-state index < -0.39 is 0 Å². The maximum Gasteiger partial charge on any atom is 0.244 e. The Morgan fingerprint density at radius 3 is 2.77 bits per heavy atom. The van der Waals surface area contributed by atoms with Crippen molar-refractivity contribution in [2.75, 3.05) is 0 Å². The number of thiophene rings is 1. The summed E-state index contributed by atoms with van der Waals surface area (Å²) in [7, 11) is 0. The summed E-state index contributed by atoms with van der Waals surface area (Å²) in [6, 6.07) is 1.88. The summed E-state index contributed by atoms with van der Waals surface area (Å²) >= 11 is 4.89. The zero-order chi connectivity index (χ0) is 10.0. The van der Waals surface area contributed by atoms with Crippen molar-refractivity contribution < 1.29 is 4.92 Å². The molecule has 0 bridgehead atoms. The van der Waals surface area contributed by atoms with Crippen LogP contribution in [0.15, 0.2) is 16.2 Å². The van der Waals surface area contributed by atoms with Gasteiger partial charge in [0.05, 0.1) is 4.92 Å². The monoisotopic (exact) mass is 261 g/mol. The number of halogens is 1. The van der Waals surface area contributed by atoms with Gasteiger partial charge in [-0.2, -0.15) is 0 Å². The van der Waals surface area contributed by atoms with Gasteiger partial charge < -0.3 is 0 Å². The minimum absolute atomic E-state index is 0.161. The summed E-state index contributed by atoms with van der Waals surface area (Å²) in [6.07, 6.45) is 1.57. The lowest BCUT2D eigenvalue weighted by atomic mass is 10.4. The first-order chi connectivity index (χ1) is 6.00. The Labute approximate surface area is 88.4 Å². The minimum Gasteiger partial charge on any atom is -0.259 e. The van der Waals surface area contributed by atoms with E-state index in [4.69, 9.17) is 0 Å². The van der Waals surface area contributed by atoms with Crippen LogP contribution < -0.4 is 0 Å². The molecule has 0 atom stereocenters. The van der Waals surface area contributed by atoms with Crippen molar-refractivity contribution in [3.05, 3.63) is 36.1 Å². The molecule has 70 valence electrons. The standard InChI is InChI=1S/C8H8BrNO2S/c1-5(10(11)12)3-7-4-8(9)6(2)13-7/h3-4H,1-2H3. The molecule has 13 heavy (non-hydrogen) atoms. The zero-order valence-electron chi connectivity index (χ0n) is 7.20. The molecule has 5 heteroatoms. The third-order valence-electron chi connectivity index (χ3n) is 1.52. The van der Waals surface area contributed by atoms with Crippen molar-refractivity contribution in [1.29, 1.82) is 0 Å². The quantitative estimate of drug-likeness (QED) is 0.605. The molecule has 0 saturated carbocycles. The number of nitro groups is 1. The first kappa shape index (κ1) is 10.4. The third kappa shape index (κ3) is 2.63. The third-order valence-corrected chi connectivity index (χ3v) is 3.60. The fourth-order valence-electron chi connectivity index (χ4n) is 0.811. The Hall–Kier alpha value is -0.680. The second-order valence-corrected chi connectivity index (χ2v) is 4.74. The fourth-order valence-corrected chi connectivity index (χ4v) is 2.37. The molecule has 0 aromatic carbocycles. The van der Waals surface area contributed by atoms with Crippen molar-refractivity contribution in [2.45, 2.75) is 13.8 Å². The molecule has 0 aliphatic rings. The number of hydrogen-bond donors (Lipinski definition) is 0. The number of aryl methyl sites for hydroxylation is 1. The lowest BCUT2D eigenvalue weighted by Gasteiger charge is -1.86. The van der Waals surface area contributed by atoms with Gasteiger partial charge in [0.2, 0.25) is 5.70 Å². The van der Waals surface area contributed by atoms with Gasteiger partial charge in [0.1, 0.15) is 0 Å². The number of hydrogen-bond acceptors (Lipinski definition) is 3. The highest BCUT2D eigenvalue weighted by atomic mass is 79.9. The molecule has 0 spiro atoms. The van der Waals surface area contributed by atoms with E-state index in [0.29, 0.717) is 0 Å². The van der Waals surface area contributed by atoms with Gasteiger partial charge in [0.25, 0.3) is 0 Å². The first-order valence-electron chi connectivity index (χ1n) is 3.59. The molecule has 0 N–H and O–H groups in total. The summed E-state index contributed by atoms with van der Waals surface area (Å²) in [4.78, 5) is 12.0. The van der Waals surface area contributed by atoms with Crippen LogP contribution in [0.1, 0.15) is 16.7 Å². The Balaban J connectivity index is 2.98. The number of nitrogens with zero attached hydrogens (tertiary/aromatic N) is 1. The highest BCUT2D eigenvalue weighted by Gasteiger charge is 2.05. The molecule has 0 aliphatic carbocycles. The van der Waals surface area contributed by atoms with Gasteiger partial charge in [-0.15, -0.1) is 11.3 Å². The smallest absolute Gasteiger partial charge is 0.244 e. The van der Waals surface area contributed by atoms with Crippen LogP contribution in [0.5, 0.6) is 0 Å². The SMILES string of the molecule is CC(=Cc1cc(Br)c(C)s1)[N+](=O)[O-]. The summed E-state index contributed by atoms with van der Waals surface area (Å²) in [5.41, 5.74) is 0.161. The molecule has 1 rings (SSSR count). The van der Waals surface area contributed by atoms with Gasteiger partial charge in [-0.1, -0.05) is 0 Å². The van der Waals surface area contributed by atoms with Crippen LogP contribution >= 0.6 is 27.3 Å². The van der Waals surface area contributed by atoms with E-state index in [0.717, 1.165) is 14.2 Å². The second-order valence-electron chi connectivity index (χ2n) is 2.60. The molecule has 1 heterocycles. The van der Waals surface area contributed by atoms with E-state index in [9.17, 15) is 10.1 Å². The largest absolute Gasteiger partial charge is 0.259 e. The zero-order valence-corrected chi connectivity index (χ0v) is 9.61. The van der Waals surface area contributed by atoms with Gasteiger partial charge in [-0.3, -0.25) is 10.1 Å². The lowest BCUT2D eigenvalue weighted by molar-refractivity contribution is -0.422. The summed E-state index contributed by atoms with van der Waals surface area (Å²) in [6.45, 7) is 3.45. The lowest BCUT2D eigenvalue weighted by Crippen LogP contribution is -1.91. The minimum atomic E-state index is -0.386. The van der Waals surface area contributed by atoms with E-state index in [1.54, 1.807) is 6.08 Å². The predicted molar refractivity (Wildman–Crippen MR) is 57.4 cm³/mol. The molecule has 1 aromatic heterocycles. The summed E-state index contributed by atoms with van der Waals surface area (Å²) in [5.74, 6) is 0.